The van der Waals surface area contributed by atoms with Gasteiger partial charge in [-0.25, -0.2) is 0 Å². The lowest BCUT2D eigenvalue weighted by Gasteiger charge is -2.34. The molecule has 104 valence electrons. The van der Waals surface area contributed by atoms with Crippen LogP contribution in [-0.2, 0) is 6.54 Å². The fraction of sp³-hybridized carbons (Fsp3) is 0.600. The van der Waals surface area contributed by atoms with Gasteiger partial charge in [0.25, 0.3) is 0 Å². The molecule has 0 saturated carbocycles. The third kappa shape index (κ3) is 3.15. The first kappa shape index (κ1) is 13.9. The Labute approximate surface area is 128 Å². The third-order valence-electron chi connectivity index (χ3n) is 4.59. The van der Waals surface area contributed by atoms with Gasteiger partial charge in [-0.2, -0.15) is 0 Å². The quantitative estimate of drug-likeness (QED) is 0.881. The van der Waals surface area contributed by atoms with Crippen molar-refractivity contribution in [2.24, 2.45) is 5.41 Å². The molecule has 0 bridgehead atoms. The van der Waals surface area contributed by atoms with Crippen molar-refractivity contribution in [1.82, 2.24) is 10.2 Å². The van der Waals surface area contributed by atoms with E-state index in [0.717, 1.165) is 16.0 Å². The summed E-state index contributed by atoms with van der Waals surface area (Å²) in [5, 5.41) is 4.27. The number of piperidine rings is 1. The van der Waals surface area contributed by atoms with E-state index in [4.69, 9.17) is 11.6 Å². The predicted molar refractivity (Wildman–Crippen MR) is 83.6 cm³/mol. The number of rotatable bonds is 2. The fourth-order valence-corrected chi connectivity index (χ4v) is 4.23. The molecule has 0 aromatic heterocycles. The summed E-state index contributed by atoms with van der Waals surface area (Å²) in [7, 11) is 0. The normalized spacial score (nSPS) is 23.1. The Morgan fingerprint density at radius 2 is 2.05 bits per heavy atom. The first-order valence-corrected chi connectivity index (χ1v) is 8.21. The molecule has 4 heteroatoms. The summed E-state index contributed by atoms with van der Waals surface area (Å²) in [4.78, 5) is 2.60. The number of hydrogen-bond donors (Lipinski definition) is 1. The highest BCUT2D eigenvalue weighted by Crippen LogP contribution is 2.39. The molecule has 3 rings (SSSR count). The highest BCUT2D eigenvalue weighted by Gasteiger charge is 2.38. The van der Waals surface area contributed by atoms with Crippen molar-refractivity contribution >= 4 is 27.5 Å². The van der Waals surface area contributed by atoms with Crippen molar-refractivity contribution in [3.63, 3.8) is 0 Å². The number of hydrogen-bond acceptors (Lipinski definition) is 2. The molecule has 1 N–H and O–H groups in total. The number of nitrogens with zero attached hydrogens (tertiary/aromatic N) is 1. The van der Waals surface area contributed by atoms with Gasteiger partial charge in [0.15, 0.2) is 0 Å². The molecule has 2 nitrogen and oxygen atoms in total. The molecule has 1 aromatic rings. The van der Waals surface area contributed by atoms with Crippen LogP contribution in [0.15, 0.2) is 22.7 Å². The zero-order chi connectivity index (χ0) is 13.3. The molecule has 0 unspecified atom stereocenters. The number of benzene rings is 1. The number of halogens is 2. The standard InChI is InChI=1S/C15H20BrClN2/c16-14-9-13(17)2-1-12(14)10-19-8-5-15(11-19)3-6-18-7-4-15/h1-2,9,18H,3-8,10-11H2. The minimum absolute atomic E-state index is 0.587. The summed E-state index contributed by atoms with van der Waals surface area (Å²) in [6.07, 6.45) is 4.04. The van der Waals surface area contributed by atoms with Gasteiger partial charge in [-0.05, 0) is 62.0 Å². The van der Waals surface area contributed by atoms with Gasteiger partial charge in [0.2, 0.25) is 0 Å². The predicted octanol–water partition coefficient (Wildman–Crippen LogP) is 3.68. The fourth-order valence-electron chi connectivity index (χ4n) is 3.42. The average Bonchev–Trinajstić information content (AvgIpc) is 2.77. The van der Waals surface area contributed by atoms with Crippen LogP contribution in [0, 0.1) is 5.41 Å². The molecule has 1 aromatic carbocycles. The van der Waals surface area contributed by atoms with E-state index in [-0.39, 0.29) is 0 Å². The minimum atomic E-state index is 0.587. The molecule has 1 spiro atoms. The lowest BCUT2D eigenvalue weighted by molar-refractivity contribution is 0.194. The van der Waals surface area contributed by atoms with Crippen LogP contribution in [0.3, 0.4) is 0 Å². The van der Waals surface area contributed by atoms with E-state index in [1.54, 1.807) is 0 Å². The molecule has 2 aliphatic rings. The van der Waals surface area contributed by atoms with Crippen molar-refractivity contribution in [3.8, 4) is 0 Å². The van der Waals surface area contributed by atoms with Gasteiger partial charge in [0.05, 0.1) is 0 Å². The molecular weight excluding hydrogens is 324 g/mol. The lowest BCUT2D eigenvalue weighted by Crippen LogP contribution is -2.38. The second-order valence-corrected chi connectivity index (χ2v) is 7.24. The number of nitrogens with one attached hydrogen (secondary N) is 1. The Morgan fingerprint density at radius 1 is 1.26 bits per heavy atom. The van der Waals surface area contributed by atoms with Crippen LogP contribution in [-0.4, -0.2) is 31.1 Å². The molecular formula is C15H20BrClN2. The summed E-state index contributed by atoms with van der Waals surface area (Å²) < 4.78 is 1.13. The monoisotopic (exact) mass is 342 g/mol. The smallest absolute Gasteiger partial charge is 0.0417 e. The van der Waals surface area contributed by atoms with Crippen LogP contribution < -0.4 is 5.32 Å². The summed E-state index contributed by atoms with van der Waals surface area (Å²) in [5.41, 5.74) is 1.93. The molecule has 0 atom stereocenters. The maximum absolute atomic E-state index is 6.00. The second-order valence-electron chi connectivity index (χ2n) is 5.95. The molecule has 19 heavy (non-hydrogen) atoms. The van der Waals surface area contributed by atoms with Gasteiger partial charge in [0.1, 0.15) is 0 Å². The first-order valence-electron chi connectivity index (χ1n) is 7.04. The van der Waals surface area contributed by atoms with Gasteiger partial charge >= 0.3 is 0 Å². The molecule has 2 aliphatic heterocycles. The maximum Gasteiger partial charge on any atom is 0.0417 e. The molecule has 2 saturated heterocycles. The summed E-state index contributed by atoms with van der Waals surface area (Å²) in [6, 6.07) is 6.12. The van der Waals surface area contributed by atoms with Crippen LogP contribution >= 0.6 is 27.5 Å². The summed E-state index contributed by atoms with van der Waals surface area (Å²) >= 11 is 9.62. The topological polar surface area (TPSA) is 15.3 Å². The average molecular weight is 344 g/mol. The summed E-state index contributed by atoms with van der Waals surface area (Å²) in [6.45, 7) is 5.91. The minimum Gasteiger partial charge on any atom is -0.317 e. The van der Waals surface area contributed by atoms with Gasteiger partial charge in [-0.3, -0.25) is 4.90 Å². The lowest BCUT2D eigenvalue weighted by atomic mass is 9.78. The Balaban J connectivity index is 1.65. The van der Waals surface area contributed by atoms with Crippen LogP contribution in [0.2, 0.25) is 5.02 Å². The summed E-state index contributed by atoms with van der Waals surface area (Å²) in [5.74, 6) is 0. The van der Waals surface area contributed by atoms with E-state index in [9.17, 15) is 0 Å². The zero-order valence-corrected chi connectivity index (χ0v) is 13.4. The SMILES string of the molecule is Clc1ccc(CN2CCC3(CCNCC3)C2)c(Br)c1. The Bertz CT molecular complexity index is 457. The van der Waals surface area contributed by atoms with Gasteiger partial charge in [-0.15, -0.1) is 0 Å². The van der Waals surface area contributed by atoms with Crippen LogP contribution in [0.25, 0.3) is 0 Å². The largest absolute Gasteiger partial charge is 0.317 e. The molecule has 2 fully saturated rings. The van der Waals surface area contributed by atoms with Crippen LogP contribution in [0.4, 0.5) is 0 Å². The van der Waals surface area contributed by atoms with Crippen LogP contribution in [0.1, 0.15) is 24.8 Å². The first-order chi connectivity index (χ1) is 9.17. The highest BCUT2D eigenvalue weighted by atomic mass is 79.9. The van der Waals surface area contributed by atoms with E-state index in [1.165, 1.54) is 51.0 Å². The van der Waals surface area contributed by atoms with E-state index in [1.807, 2.05) is 12.1 Å². The van der Waals surface area contributed by atoms with E-state index in [0.29, 0.717) is 5.41 Å². The van der Waals surface area contributed by atoms with Gasteiger partial charge in [-0.1, -0.05) is 33.6 Å². The molecule has 0 amide bonds. The van der Waals surface area contributed by atoms with Crippen molar-refractivity contribution in [1.29, 1.82) is 0 Å². The maximum atomic E-state index is 6.00. The van der Waals surface area contributed by atoms with Gasteiger partial charge in [0, 0.05) is 22.6 Å². The van der Waals surface area contributed by atoms with Crippen molar-refractivity contribution in [3.05, 3.63) is 33.3 Å². The van der Waals surface area contributed by atoms with E-state index in [2.05, 4.69) is 32.2 Å². The molecule has 0 aliphatic carbocycles. The highest BCUT2D eigenvalue weighted by molar-refractivity contribution is 9.10. The Kier molecular flexibility index (Phi) is 4.18. The molecule has 0 radical (unpaired) electrons. The Hall–Kier alpha value is -0.0900. The zero-order valence-electron chi connectivity index (χ0n) is 11.1. The van der Waals surface area contributed by atoms with E-state index >= 15 is 0 Å². The van der Waals surface area contributed by atoms with Crippen molar-refractivity contribution in [2.45, 2.75) is 25.8 Å². The third-order valence-corrected chi connectivity index (χ3v) is 5.56. The van der Waals surface area contributed by atoms with Crippen molar-refractivity contribution in [2.75, 3.05) is 26.2 Å². The van der Waals surface area contributed by atoms with Gasteiger partial charge < -0.3 is 5.32 Å². The Morgan fingerprint density at radius 3 is 2.79 bits per heavy atom. The van der Waals surface area contributed by atoms with E-state index < -0.39 is 0 Å². The molecule has 2 heterocycles. The number of likely N-dealkylation sites (tertiary alicyclic amines) is 1. The second kappa shape index (κ2) is 5.72. The van der Waals surface area contributed by atoms with Crippen molar-refractivity contribution < 1.29 is 0 Å². The van der Waals surface area contributed by atoms with Crippen LogP contribution in [0.5, 0.6) is 0 Å².